The van der Waals surface area contributed by atoms with E-state index in [1.54, 1.807) is 14.3 Å². The first-order chi connectivity index (χ1) is 21.4. The average molecular weight is 600 g/mol. The second kappa shape index (κ2) is 10.3. The number of nitrogens with one attached hydrogen (secondary N) is 1. The van der Waals surface area contributed by atoms with Gasteiger partial charge in [-0.2, -0.15) is 4.98 Å². The van der Waals surface area contributed by atoms with E-state index < -0.39 is 6.43 Å². The molecule has 1 saturated carbocycles. The molecule has 0 saturated heterocycles. The van der Waals surface area contributed by atoms with Crippen LogP contribution in [-0.2, 0) is 23.3 Å². The number of anilines is 3. The van der Waals surface area contributed by atoms with Crippen molar-refractivity contribution in [2.75, 3.05) is 36.5 Å². The fourth-order valence-corrected chi connectivity index (χ4v) is 6.90. The highest BCUT2D eigenvalue weighted by molar-refractivity contribution is 5.98. The number of aromatic nitrogens is 4. The Hall–Kier alpha value is -4.58. The molecule has 10 nitrogen and oxygen atoms in total. The summed E-state index contributed by atoms with van der Waals surface area (Å²) in [5, 5.41) is 3.65. The fourth-order valence-electron chi connectivity index (χ4n) is 6.90. The van der Waals surface area contributed by atoms with E-state index in [0.29, 0.717) is 60.3 Å². The van der Waals surface area contributed by atoms with Crippen LogP contribution in [0.2, 0.25) is 0 Å². The van der Waals surface area contributed by atoms with Gasteiger partial charge in [0.15, 0.2) is 12.3 Å². The number of hydrogen-bond donors (Lipinski definition) is 1. The summed E-state index contributed by atoms with van der Waals surface area (Å²) in [5.74, 6) is 0.824. The first-order valence-corrected chi connectivity index (χ1v) is 15.0. The normalized spacial score (nSPS) is 18.9. The number of alkyl halides is 2. The van der Waals surface area contributed by atoms with Gasteiger partial charge < -0.3 is 15.0 Å². The molecule has 5 heterocycles. The van der Waals surface area contributed by atoms with Crippen molar-refractivity contribution in [1.82, 2.24) is 24.2 Å². The van der Waals surface area contributed by atoms with Gasteiger partial charge in [0.1, 0.15) is 11.1 Å². The smallest absolute Gasteiger partial charge is 0.278 e. The van der Waals surface area contributed by atoms with E-state index in [0.717, 1.165) is 36.9 Å². The average Bonchev–Trinajstić information content (AvgIpc) is 3.70. The minimum atomic E-state index is -2.37. The topological polar surface area (TPSA) is 97.5 Å². The third kappa shape index (κ3) is 4.55. The van der Waals surface area contributed by atoms with E-state index in [1.807, 2.05) is 47.4 Å². The number of carbonyl (C=O) groups excluding carboxylic acids is 1. The molecule has 1 spiro atoms. The van der Waals surface area contributed by atoms with Crippen molar-refractivity contribution < 1.29 is 18.3 Å². The second-order valence-corrected chi connectivity index (χ2v) is 12.1. The van der Waals surface area contributed by atoms with Gasteiger partial charge in [-0.1, -0.05) is 18.2 Å². The number of hydrogen-bond acceptors (Lipinski definition) is 7. The van der Waals surface area contributed by atoms with Crippen LogP contribution >= 0.6 is 0 Å². The largest absolute Gasteiger partial charge is 0.482 e. The molecule has 0 radical (unpaired) electrons. The summed E-state index contributed by atoms with van der Waals surface area (Å²) in [6.45, 7) is 1.81. The lowest BCUT2D eigenvalue weighted by atomic mass is 9.86. The Bertz CT molecular complexity index is 1890. The van der Waals surface area contributed by atoms with Crippen molar-refractivity contribution in [1.29, 1.82) is 0 Å². The number of fused-ring (bicyclic) bond motifs is 7. The Kier molecular flexibility index (Phi) is 6.30. The van der Waals surface area contributed by atoms with Crippen LogP contribution in [0, 0.1) is 0 Å². The zero-order valence-electron chi connectivity index (χ0n) is 24.0. The summed E-state index contributed by atoms with van der Waals surface area (Å²) in [4.78, 5) is 39.2. The van der Waals surface area contributed by atoms with E-state index in [1.165, 1.54) is 11.8 Å². The fraction of sp³-hybridized carbons (Fsp3) is 0.375. The molecular weight excluding hydrogens is 568 g/mol. The van der Waals surface area contributed by atoms with E-state index in [-0.39, 0.29) is 30.0 Å². The number of halogens is 2. The molecule has 12 heteroatoms. The molecule has 1 fully saturated rings. The van der Waals surface area contributed by atoms with Crippen LogP contribution in [-0.4, -0.2) is 62.8 Å². The van der Waals surface area contributed by atoms with E-state index >= 15 is 0 Å². The van der Waals surface area contributed by atoms with E-state index in [9.17, 15) is 18.4 Å². The minimum absolute atomic E-state index is 0.00444. The van der Waals surface area contributed by atoms with Crippen molar-refractivity contribution in [3.05, 3.63) is 76.2 Å². The molecule has 2 aromatic carbocycles. The number of rotatable bonds is 4. The Labute approximate surface area is 251 Å². The Morgan fingerprint density at radius 2 is 1.98 bits per heavy atom. The molecule has 3 aliphatic heterocycles. The predicted octanol–water partition coefficient (Wildman–Crippen LogP) is 4.51. The lowest BCUT2D eigenvalue weighted by Gasteiger charge is -2.35. The number of amides is 1. The minimum Gasteiger partial charge on any atom is -0.482 e. The Morgan fingerprint density at radius 3 is 2.82 bits per heavy atom. The molecule has 2 aromatic heterocycles. The van der Waals surface area contributed by atoms with Gasteiger partial charge in [0, 0.05) is 36.9 Å². The summed E-state index contributed by atoms with van der Waals surface area (Å²) in [6, 6.07) is 11.6. The quantitative estimate of drug-likeness (QED) is 0.345. The number of nitrogens with zero attached hydrogens (tertiary/aromatic N) is 6. The van der Waals surface area contributed by atoms with Gasteiger partial charge in [0.25, 0.3) is 17.9 Å². The molecule has 1 aliphatic carbocycles. The Balaban J connectivity index is 1.19. The van der Waals surface area contributed by atoms with Crippen molar-refractivity contribution in [2.24, 2.45) is 0 Å². The van der Waals surface area contributed by atoms with Gasteiger partial charge in [0.05, 0.1) is 24.5 Å². The van der Waals surface area contributed by atoms with Gasteiger partial charge in [0.2, 0.25) is 5.95 Å². The van der Waals surface area contributed by atoms with Crippen molar-refractivity contribution in [3.63, 3.8) is 0 Å². The van der Waals surface area contributed by atoms with Crippen LogP contribution in [0.1, 0.15) is 36.8 Å². The predicted molar refractivity (Wildman–Crippen MR) is 161 cm³/mol. The number of carbonyl (C=O) groups is 1. The number of ether oxygens (including phenoxy) is 1. The molecular formula is C32H31F2N7O3. The van der Waals surface area contributed by atoms with Crippen LogP contribution in [0.15, 0.2) is 59.5 Å². The Morgan fingerprint density at radius 1 is 1.09 bits per heavy atom. The van der Waals surface area contributed by atoms with Crippen LogP contribution < -0.4 is 20.5 Å². The first-order valence-electron chi connectivity index (χ1n) is 15.0. The lowest BCUT2D eigenvalue weighted by Crippen LogP contribution is -2.40. The molecule has 0 atom stereocenters. The van der Waals surface area contributed by atoms with Gasteiger partial charge in [-0.05, 0) is 67.1 Å². The molecule has 1 N–H and O–H groups in total. The van der Waals surface area contributed by atoms with Gasteiger partial charge in [-0.3, -0.25) is 14.5 Å². The van der Waals surface area contributed by atoms with Crippen LogP contribution in [0.3, 0.4) is 0 Å². The third-order valence-electron chi connectivity index (χ3n) is 9.11. The molecule has 226 valence electrons. The van der Waals surface area contributed by atoms with Gasteiger partial charge in [-0.15, -0.1) is 0 Å². The van der Waals surface area contributed by atoms with Crippen molar-refractivity contribution in [3.8, 4) is 11.4 Å². The monoisotopic (exact) mass is 599 g/mol. The molecule has 0 unspecified atom stereocenters. The highest BCUT2D eigenvalue weighted by Gasteiger charge is 2.49. The highest BCUT2D eigenvalue weighted by Crippen LogP contribution is 2.52. The number of benzene rings is 2. The first kappa shape index (κ1) is 27.0. The maximum absolute atomic E-state index is 13.6. The maximum atomic E-state index is 13.6. The third-order valence-corrected chi connectivity index (χ3v) is 9.11. The van der Waals surface area contributed by atoms with Crippen LogP contribution in [0.25, 0.3) is 16.7 Å². The van der Waals surface area contributed by atoms with Gasteiger partial charge in [-0.25, -0.2) is 23.1 Å². The summed E-state index contributed by atoms with van der Waals surface area (Å²) in [5.41, 5.74) is 4.53. The molecule has 2 bridgehead atoms. The van der Waals surface area contributed by atoms with Crippen LogP contribution in [0.4, 0.5) is 26.1 Å². The molecule has 4 aliphatic rings. The number of allylic oxidation sites excluding steroid dienone is 2. The van der Waals surface area contributed by atoms with Crippen molar-refractivity contribution >= 4 is 34.3 Å². The van der Waals surface area contributed by atoms with Gasteiger partial charge >= 0.3 is 0 Å². The summed E-state index contributed by atoms with van der Waals surface area (Å²) in [6.07, 6.45) is 6.72. The summed E-state index contributed by atoms with van der Waals surface area (Å²) in [7, 11) is 0. The van der Waals surface area contributed by atoms with Crippen molar-refractivity contribution in [2.45, 2.75) is 50.6 Å². The molecule has 4 aromatic rings. The standard InChI is InChI=1S/C32H31F2N7O3/c33-27(34)17-38-16-20-13-21(5-7-24(20)32(19-38)9-10-32)36-31-35-15-23-29(37-31)41-22-6-8-26-25(14-22)39(28(42)18-44-26)11-3-1-2-4-12-40(41)30(23)43/h2,4-8,13-15,27H,1,3,9-12,16-19H2,(H,35,36,37). The summed E-state index contributed by atoms with van der Waals surface area (Å²) < 4.78 is 35.6. The summed E-state index contributed by atoms with van der Waals surface area (Å²) >= 11 is 0. The molecule has 44 heavy (non-hydrogen) atoms. The van der Waals surface area contributed by atoms with E-state index in [2.05, 4.69) is 16.4 Å². The maximum Gasteiger partial charge on any atom is 0.278 e. The van der Waals surface area contributed by atoms with E-state index in [4.69, 9.17) is 9.72 Å². The molecule has 1 amide bonds. The highest BCUT2D eigenvalue weighted by atomic mass is 19.3. The van der Waals surface area contributed by atoms with Crippen LogP contribution in [0.5, 0.6) is 5.75 Å². The molecule has 8 rings (SSSR count). The lowest BCUT2D eigenvalue weighted by molar-refractivity contribution is -0.121. The zero-order chi connectivity index (χ0) is 30.0. The zero-order valence-corrected chi connectivity index (χ0v) is 24.0. The SMILES string of the molecule is O=C1COc2ccc3cc2N1CCCC=CCn1c(=O)c2cnc(Nc4ccc5c(c4)CN(CC(F)F)CC54CC4)nc2n1-3. The second-order valence-electron chi connectivity index (χ2n) is 12.1.